The molecule has 19 heavy (non-hydrogen) atoms. The minimum atomic E-state index is -0.0241. The summed E-state index contributed by atoms with van der Waals surface area (Å²) in [7, 11) is 3.75. The van der Waals surface area contributed by atoms with Gasteiger partial charge in [-0.3, -0.25) is 0 Å². The summed E-state index contributed by atoms with van der Waals surface area (Å²) in [5.41, 5.74) is 0. The summed E-state index contributed by atoms with van der Waals surface area (Å²) in [4.78, 5) is 0. The smallest absolute Gasteiger partial charge is 0.142 e. The van der Waals surface area contributed by atoms with Gasteiger partial charge in [-0.25, -0.2) is 0 Å². The average molecular weight is 272 g/mol. The van der Waals surface area contributed by atoms with Crippen LogP contribution < -0.4 is 0 Å². The SMILES string of the molecule is B[C@@H]1O[C@H](COC(C)C)C(OCCCCC)C1OC. The molecule has 4 atom stereocenters. The molecule has 2 unspecified atom stereocenters. The van der Waals surface area contributed by atoms with Gasteiger partial charge in [0, 0.05) is 13.7 Å². The molecule has 0 saturated carbocycles. The third kappa shape index (κ3) is 5.42. The molecule has 0 radical (unpaired) electrons. The standard InChI is InChI=1S/C14H29BO4/c1-5-6-7-8-17-12-11(9-18-10(2)3)19-14(15)13(12)16-4/h10-14H,5-9,15H2,1-4H3/t11-,12?,13?,14-/m1/s1. The highest BCUT2D eigenvalue weighted by Gasteiger charge is 2.43. The Kier molecular flexibility index (Phi) is 7.99. The summed E-state index contributed by atoms with van der Waals surface area (Å²) < 4.78 is 23.1. The van der Waals surface area contributed by atoms with E-state index >= 15 is 0 Å². The second kappa shape index (κ2) is 8.95. The Hall–Kier alpha value is -0.0951. The molecule has 1 aliphatic heterocycles. The zero-order valence-corrected chi connectivity index (χ0v) is 13.1. The van der Waals surface area contributed by atoms with Crippen LogP contribution >= 0.6 is 0 Å². The Bertz CT molecular complexity index is 237. The molecule has 1 heterocycles. The Balaban J connectivity index is 2.46. The van der Waals surface area contributed by atoms with Crippen LogP contribution in [0.25, 0.3) is 0 Å². The van der Waals surface area contributed by atoms with Crippen molar-refractivity contribution in [1.82, 2.24) is 0 Å². The van der Waals surface area contributed by atoms with E-state index in [0.717, 1.165) is 13.0 Å². The number of methoxy groups -OCH3 is 1. The van der Waals surface area contributed by atoms with Gasteiger partial charge in [0.25, 0.3) is 0 Å². The van der Waals surface area contributed by atoms with Gasteiger partial charge in [-0.15, -0.1) is 0 Å². The first-order valence-corrected chi connectivity index (χ1v) is 7.51. The Morgan fingerprint density at radius 1 is 1.21 bits per heavy atom. The van der Waals surface area contributed by atoms with Gasteiger partial charge in [-0.2, -0.15) is 0 Å². The molecule has 0 aliphatic carbocycles. The van der Waals surface area contributed by atoms with E-state index in [1.165, 1.54) is 12.8 Å². The number of ether oxygens (including phenoxy) is 4. The van der Waals surface area contributed by atoms with E-state index in [2.05, 4.69) is 6.92 Å². The third-order valence-corrected chi connectivity index (χ3v) is 3.47. The molecule has 1 aliphatic rings. The van der Waals surface area contributed by atoms with E-state index in [9.17, 15) is 0 Å². The second-order valence-corrected chi connectivity index (χ2v) is 5.50. The molecule has 1 fully saturated rings. The van der Waals surface area contributed by atoms with Crippen molar-refractivity contribution in [2.24, 2.45) is 0 Å². The highest BCUT2D eigenvalue weighted by atomic mass is 16.6. The summed E-state index contributed by atoms with van der Waals surface area (Å²) in [6, 6.07) is 0.0573. The molecule has 4 nitrogen and oxygen atoms in total. The van der Waals surface area contributed by atoms with Gasteiger partial charge < -0.3 is 18.9 Å². The maximum atomic E-state index is 5.99. The van der Waals surface area contributed by atoms with Crippen molar-refractivity contribution in [1.29, 1.82) is 0 Å². The predicted molar refractivity (Wildman–Crippen MR) is 78.4 cm³/mol. The van der Waals surface area contributed by atoms with E-state index < -0.39 is 0 Å². The molecule has 0 bridgehead atoms. The zero-order chi connectivity index (χ0) is 14.3. The van der Waals surface area contributed by atoms with Crippen LogP contribution in [0.1, 0.15) is 40.0 Å². The van der Waals surface area contributed by atoms with E-state index in [0.29, 0.717) is 6.61 Å². The molecular weight excluding hydrogens is 243 g/mol. The summed E-state index contributed by atoms with van der Waals surface area (Å²) in [5, 5.41) is 0. The van der Waals surface area contributed by atoms with Crippen molar-refractivity contribution < 1.29 is 18.9 Å². The minimum absolute atomic E-state index is 0.00221. The minimum Gasteiger partial charge on any atom is -0.377 e. The molecule has 0 aromatic heterocycles. The van der Waals surface area contributed by atoms with Crippen molar-refractivity contribution in [2.45, 2.75) is 70.5 Å². The lowest BCUT2D eigenvalue weighted by atomic mass is 9.93. The van der Waals surface area contributed by atoms with Crippen LogP contribution in [0.15, 0.2) is 0 Å². The van der Waals surface area contributed by atoms with Crippen LogP contribution in [-0.2, 0) is 18.9 Å². The first-order valence-electron chi connectivity index (χ1n) is 7.51. The monoisotopic (exact) mass is 272 g/mol. The highest BCUT2D eigenvalue weighted by molar-refractivity contribution is 6.11. The molecule has 0 aromatic rings. The topological polar surface area (TPSA) is 36.9 Å². The molecule has 0 amide bonds. The van der Waals surface area contributed by atoms with Crippen LogP contribution in [0.3, 0.4) is 0 Å². The molecule has 0 N–H and O–H groups in total. The molecule has 0 spiro atoms. The van der Waals surface area contributed by atoms with Crippen molar-refractivity contribution in [3.05, 3.63) is 0 Å². The second-order valence-electron chi connectivity index (χ2n) is 5.50. The average Bonchev–Trinajstić information content (AvgIpc) is 2.67. The summed E-state index contributed by atoms with van der Waals surface area (Å²) in [5.74, 6) is 0. The Morgan fingerprint density at radius 3 is 2.53 bits per heavy atom. The molecule has 0 aromatic carbocycles. The first kappa shape index (κ1) is 17.0. The first-order chi connectivity index (χ1) is 9.10. The summed E-state index contributed by atoms with van der Waals surface area (Å²) >= 11 is 0. The van der Waals surface area contributed by atoms with Crippen molar-refractivity contribution in [3.8, 4) is 0 Å². The van der Waals surface area contributed by atoms with Crippen molar-refractivity contribution in [3.63, 3.8) is 0 Å². The van der Waals surface area contributed by atoms with E-state index in [4.69, 9.17) is 18.9 Å². The fraction of sp³-hybridized carbons (Fsp3) is 1.00. The molecular formula is C14H29BO4. The predicted octanol–water partition coefficient (Wildman–Crippen LogP) is 1.36. The Labute approximate surface area is 118 Å². The number of rotatable bonds is 9. The van der Waals surface area contributed by atoms with Crippen LogP contribution in [-0.4, -0.2) is 58.6 Å². The van der Waals surface area contributed by atoms with Crippen molar-refractivity contribution >= 4 is 7.85 Å². The van der Waals surface area contributed by atoms with E-state index in [1.54, 1.807) is 7.11 Å². The lowest BCUT2D eigenvalue weighted by Gasteiger charge is -2.23. The molecule has 1 saturated heterocycles. The number of hydrogen-bond donors (Lipinski definition) is 0. The maximum absolute atomic E-state index is 5.99. The summed E-state index contributed by atoms with van der Waals surface area (Å²) in [6.07, 6.45) is 3.67. The highest BCUT2D eigenvalue weighted by Crippen LogP contribution is 2.25. The van der Waals surface area contributed by atoms with Crippen LogP contribution in [0.5, 0.6) is 0 Å². The lowest BCUT2D eigenvalue weighted by molar-refractivity contribution is -0.0800. The normalized spacial score (nSPS) is 31.2. The van der Waals surface area contributed by atoms with Gasteiger partial charge in [0.1, 0.15) is 26.2 Å². The molecule has 5 heteroatoms. The largest absolute Gasteiger partial charge is 0.377 e. The fourth-order valence-electron chi connectivity index (χ4n) is 2.43. The van der Waals surface area contributed by atoms with Gasteiger partial charge in [-0.1, -0.05) is 19.8 Å². The quantitative estimate of drug-likeness (QED) is 0.469. The molecule has 1 rings (SSSR count). The van der Waals surface area contributed by atoms with Gasteiger partial charge >= 0.3 is 0 Å². The van der Waals surface area contributed by atoms with Crippen molar-refractivity contribution in [2.75, 3.05) is 20.3 Å². The van der Waals surface area contributed by atoms with Gasteiger partial charge in [0.15, 0.2) is 0 Å². The summed E-state index contributed by atoms with van der Waals surface area (Å²) in [6.45, 7) is 7.59. The van der Waals surface area contributed by atoms with Gasteiger partial charge in [0.2, 0.25) is 0 Å². The molecule has 112 valence electrons. The number of unbranched alkanes of at least 4 members (excludes halogenated alkanes) is 2. The lowest BCUT2D eigenvalue weighted by Crippen LogP contribution is -2.39. The van der Waals surface area contributed by atoms with E-state index in [1.807, 2.05) is 21.7 Å². The maximum Gasteiger partial charge on any atom is 0.142 e. The Morgan fingerprint density at radius 2 is 1.95 bits per heavy atom. The fourth-order valence-corrected chi connectivity index (χ4v) is 2.43. The van der Waals surface area contributed by atoms with E-state index in [-0.39, 0.29) is 30.4 Å². The van der Waals surface area contributed by atoms with Gasteiger partial charge in [0.05, 0.1) is 18.7 Å². The van der Waals surface area contributed by atoms with Crippen LogP contribution in [0.2, 0.25) is 0 Å². The third-order valence-electron chi connectivity index (χ3n) is 3.47. The van der Waals surface area contributed by atoms with Crippen LogP contribution in [0.4, 0.5) is 0 Å². The van der Waals surface area contributed by atoms with Gasteiger partial charge in [-0.05, 0) is 20.3 Å². The van der Waals surface area contributed by atoms with Crippen LogP contribution in [0, 0.1) is 0 Å². The zero-order valence-electron chi connectivity index (χ0n) is 13.1. The number of hydrogen-bond acceptors (Lipinski definition) is 4.